The van der Waals surface area contributed by atoms with Crippen molar-refractivity contribution in [3.05, 3.63) is 68.7 Å². The summed E-state index contributed by atoms with van der Waals surface area (Å²) in [5, 5.41) is 13.7. The molecule has 142 valence electrons. The Bertz CT molecular complexity index is 858. The van der Waals surface area contributed by atoms with E-state index in [4.69, 9.17) is 34.8 Å². The van der Waals surface area contributed by atoms with Crippen LogP contribution in [0.3, 0.4) is 0 Å². The summed E-state index contributed by atoms with van der Waals surface area (Å²) in [6.07, 6.45) is -0.487. The number of likely N-dealkylation sites (tertiary alicyclic amines) is 1. The van der Waals surface area contributed by atoms with Crippen molar-refractivity contribution in [3.8, 4) is 0 Å². The monoisotopic (exact) mass is 426 g/mol. The number of nitrogens with zero attached hydrogens (tertiary/aromatic N) is 1. The van der Waals surface area contributed by atoms with Crippen LogP contribution in [0.1, 0.15) is 28.3 Å². The van der Waals surface area contributed by atoms with E-state index in [1.807, 2.05) is 6.07 Å². The summed E-state index contributed by atoms with van der Waals surface area (Å²) >= 11 is 18.0. The van der Waals surface area contributed by atoms with Crippen molar-refractivity contribution < 1.29 is 14.7 Å². The number of nitrogens with one attached hydrogen (secondary N) is 1. The molecule has 1 saturated heterocycles. The molecule has 27 heavy (non-hydrogen) atoms. The number of carboxylic acid groups (broad SMARTS) is 1. The van der Waals surface area contributed by atoms with Crippen LogP contribution in [0.5, 0.6) is 0 Å². The van der Waals surface area contributed by atoms with Gasteiger partial charge in [-0.3, -0.25) is 4.79 Å². The molecular formula is C19H17Cl3N2O3. The van der Waals surface area contributed by atoms with E-state index >= 15 is 0 Å². The largest absolute Gasteiger partial charge is 0.465 e. The Balaban J connectivity index is 1.84. The lowest BCUT2D eigenvalue weighted by Gasteiger charge is -2.38. The van der Waals surface area contributed by atoms with Gasteiger partial charge >= 0.3 is 6.09 Å². The van der Waals surface area contributed by atoms with Crippen LogP contribution >= 0.6 is 34.8 Å². The number of halogens is 3. The second kappa shape index (κ2) is 8.38. The normalized spacial score (nSPS) is 19.6. The number of benzene rings is 2. The van der Waals surface area contributed by atoms with Gasteiger partial charge in [0.15, 0.2) is 0 Å². The Labute approximate surface area is 171 Å². The van der Waals surface area contributed by atoms with Gasteiger partial charge in [0.1, 0.15) is 0 Å². The third kappa shape index (κ3) is 4.67. The molecule has 3 rings (SSSR count). The van der Waals surface area contributed by atoms with Gasteiger partial charge in [0.2, 0.25) is 0 Å². The van der Waals surface area contributed by atoms with Gasteiger partial charge in [0, 0.05) is 35.6 Å². The maximum atomic E-state index is 12.6. The quantitative estimate of drug-likeness (QED) is 0.731. The molecule has 2 aromatic carbocycles. The van der Waals surface area contributed by atoms with Gasteiger partial charge in [0.05, 0.1) is 10.0 Å². The van der Waals surface area contributed by atoms with E-state index in [1.54, 1.807) is 36.4 Å². The first kappa shape index (κ1) is 19.8. The van der Waals surface area contributed by atoms with Crippen molar-refractivity contribution in [1.82, 2.24) is 10.2 Å². The maximum Gasteiger partial charge on any atom is 0.407 e. The molecule has 8 heteroatoms. The van der Waals surface area contributed by atoms with E-state index in [-0.39, 0.29) is 24.4 Å². The Morgan fingerprint density at radius 3 is 2.37 bits per heavy atom. The lowest BCUT2D eigenvalue weighted by Crippen LogP contribution is -2.51. The zero-order valence-corrected chi connectivity index (χ0v) is 16.4. The molecule has 0 unspecified atom stereocenters. The average Bonchev–Trinajstić information content (AvgIpc) is 2.64. The van der Waals surface area contributed by atoms with E-state index in [1.165, 1.54) is 4.90 Å². The van der Waals surface area contributed by atoms with Gasteiger partial charge in [-0.05, 0) is 48.4 Å². The predicted molar refractivity (Wildman–Crippen MR) is 106 cm³/mol. The minimum absolute atomic E-state index is 0.231. The summed E-state index contributed by atoms with van der Waals surface area (Å²) in [5.41, 5.74) is 1.32. The molecule has 0 bridgehead atoms. The van der Waals surface area contributed by atoms with E-state index in [2.05, 4.69) is 5.32 Å². The van der Waals surface area contributed by atoms with Crippen LogP contribution in [0.25, 0.3) is 0 Å². The summed E-state index contributed by atoms with van der Waals surface area (Å²) in [4.78, 5) is 25.4. The molecule has 0 aromatic heterocycles. The SMILES string of the molecule is O=C(N[C@H]1CCN(C(=O)O)C[C@H]1c1ccc(Cl)c(Cl)c1)c1ccc(Cl)cc1. The first-order valence-corrected chi connectivity index (χ1v) is 9.48. The number of rotatable bonds is 3. The molecular weight excluding hydrogens is 411 g/mol. The molecule has 2 atom stereocenters. The molecule has 0 spiro atoms. The maximum absolute atomic E-state index is 12.6. The summed E-state index contributed by atoms with van der Waals surface area (Å²) in [6.45, 7) is 0.609. The first-order chi connectivity index (χ1) is 12.8. The van der Waals surface area contributed by atoms with Crippen LogP contribution in [-0.4, -0.2) is 41.1 Å². The molecule has 0 aliphatic carbocycles. The molecule has 1 aliphatic heterocycles. The molecule has 2 N–H and O–H groups in total. The smallest absolute Gasteiger partial charge is 0.407 e. The topological polar surface area (TPSA) is 69.6 Å². The average molecular weight is 428 g/mol. The second-order valence-corrected chi connectivity index (χ2v) is 7.63. The lowest BCUT2D eigenvalue weighted by molar-refractivity contribution is 0.0888. The highest BCUT2D eigenvalue weighted by Gasteiger charge is 2.33. The van der Waals surface area contributed by atoms with Gasteiger partial charge in [-0.1, -0.05) is 40.9 Å². The molecule has 0 radical (unpaired) electrons. The van der Waals surface area contributed by atoms with Gasteiger partial charge in [-0.2, -0.15) is 0 Å². The molecule has 5 nitrogen and oxygen atoms in total. The standard InChI is InChI=1S/C19H17Cl3N2O3/c20-13-4-1-11(2-5-13)18(25)23-17-7-8-24(19(26)27)10-14(17)12-3-6-15(21)16(22)9-12/h1-6,9,14,17H,7-8,10H2,(H,23,25)(H,26,27)/t14-,17-/m0/s1. The molecule has 1 heterocycles. The van der Waals surface area contributed by atoms with Crippen LogP contribution < -0.4 is 5.32 Å². The second-order valence-electron chi connectivity index (χ2n) is 6.38. The number of carbonyl (C=O) groups is 2. The number of carbonyl (C=O) groups excluding carboxylic acids is 1. The van der Waals surface area contributed by atoms with Crippen LogP contribution in [-0.2, 0) is 0 Å². The zero-order valence-electron chi connectivity index (χ0n) is 14.2. The highest BCUT2D eigenvalue weighted by molar-refractivity contribution is 6.42. The number of amides is 2. The van der Waals surface area contributed by atoms with Crippen molar-refractivity contribution in [3.63, 3.8) is 0 Å². The fourth-order valence-corrected chi connectivity index (χ4v) is 3.66. The fraction of sp³-hybridized carbons (Fsp3) is 0.263. The minimum atomic E-state index is -0.984. The van der Waals surface area contributed by atoms with E-state index < -0.39 is 6.09 Å². The number of piperidine rings is 1. The minimum Gasteiger partial charge on any atom is -0.465 e. The number of hydrogen-bond acceptors (Lipinski definition) is 2. The Hall–Kier alpha value is -1.95. The van der Waals surface area contributed by atoms with Crippen LogP contribution in [0.2, 0.25) is 15.1 Å². The van der Waals surface area contributed by atoms with Gasteiger partial charge < -0.3 is 15.3 Å². The summed E-state index contributed by atoms with van der Waals surface area (Å²) in [6, 6.07) is 11.6. The lowest BCUT2D eigenvalue weighted by atomic mass is 9.86. The highest BCUT2D eigenvalue weighted by atomic mass is 35.5. The van der Waals surface area contributed by atoms with Crippen molar-refractivity contribution in [2.75, 3.05) is 13.1 Å². The van der Waals surface area contributed by atoms with Crippen LogP contribution in [0.15, 0.2) is 42.5 Å². The molecule has 1 aliphatic rings. The third-order valence-electron chi connectivity index (χ3n) is 4.68. The summed E-state index contributed by atoms with van der Waals surface area (Å²) in [7, 11) is 0. The Morgan fingerprint density at radius 1 is 1.04 bits per heavy atom. The molecule has 1 fully saturated rings. The van der Waals surface area contributed by atoms with Gasteiger partial charge in [-0.25, -0.2) is 4.79 Å². The molecule has 2 aromatic rings. The Kier molecular flexibility index (Phi) is 6.15. The predicted octanol–water partition coefficient (Wildman–Crippen LogP) is 4.91. The Morgan fingerprint density at radius 2 is 1.74 bits per heavy atom. The summed E-state index contributed by atoms with van der Waals surface area (Å²) in [5.74, 6) is -0.466. The van der Waals surface area contributed by atoms with E-state index in [0.29, 0.717) is 33.6 Å². The molecule has 0 saturated carbocycles. The zero-order chi connectivity index (χ0) is 19.6. The van der Waals surface area contributed by atoms with Crippen LogP contribution in [0, 0.1) is 0 Å². The third-order valence-corrected chi connectivity index (χ3v) is 5.67. The first-order valence-electron chi connectivity index (χ1n) is 8.34. The van der Waals surface area contributed by atoms with Crippen molar-refractivity contribution in [2.24, 2.45) is 0 Å². The van der Waals surface area contributed by atoms with Crippen molar-refractivity contribution in [2.45, 2.75) is 18.4 Å². The van der Waals surface area contributed by atoms with Crippen LogP contribution in [0.4, 0.5) is 4.79 Å². The summed E-state index contributed by atoms with van der Waals surface area (Å²) < 4.78 is 0. The highest BCUT2D eigenvalue weighted by Crippen LogP contribution is 2.32. The molecule has 2 amide bonds. The van der Waals surface area contributed by atoms with Gasteiger partial charge in [0.25, 0.3) is 5.91 Å². The van der Waals surface area contributed by atoms with Crippen molar-refractivity contribution in [1.29, 1.82) is 0 Å². The fourth-order valence-electron chi connectivity index (χ4n) is 3.23. The van der Waals surface area contributed by atoms with E-state index in [0.717, 1.165) is 5.56 Å². The van der Waals surface area contributed by atoms with E-state index in [9.17, 15) is 14.7 Å². The van der Waals surface area contributed by atoms with Crippen molar-refractivity contribution >= 4 is 46.8 Å². The number of hydrogen-bond donors (Lipinski definition) is 2. The van der Waals surface area contributed by atoms with Gasteiger partial charge in [-0.15, -0.1) is 0 Å².